The Labute approximate surface area is 150 Å². The third-order valence-corrected chi connectivity index (χ3v) is 6.38. The van der Waals surface area contributed by atoms with Crippen molar-refractivity contribution in [2.45, 2.75) is 24.9 Å². The Hall–Kier alpha value is -1.99. The average Bonchev–Trinajstić information content (AvgIpc) is 3.04. The van der Waals surface area contributed by atoms with Crippen LogP contribution in [-0.4, -0.2) is 47.8 Å². The predicted octanol–water partition coefficient (Wildman–Crippen LogP) is 3.88. The zero-order chi connectivity index (χ0) is 17.5. The summed E-state index contributed by atoms with van der Waals surface area (Å²) in [5.74, 6) is 0.105. The van der Waals surface area contributed by atoms with E-state index in [4.69, 9.17) is 4.74 Å². The van der Waals surface area contributed by atoms with Gasteiger partial charge in [-0.05, 0) is 17.7 Å². The second-order valence-electron chi connectivity index (χ2n) is 7.28. The predicted molar refractivity (Wildman–Crippen MR) is 95.0 cm³/mol. The number of rotatable bonds is 3. The zero-order valence-electron chi connectivity index (χ0n) is 14.1. The van der Waals surface area contributed by atoms with Crippen LogP contribution in [-0.2, 0) is 4.74 Å². The van der Waals surface area contributed by atoms with Crippen molar-refractivity contribution in [3.63, 3.8) is 0 Å². The number of carbonyl (C=O) groups is 1. The number of thiazole rings is 1. The van der Waals surface area contributed by atoms with E-state index in [1.54, 1.807) is 17.6 Å². The van der Waals surface area contributed by atoms with Gasteiger partial charge in [0, 0.05) is 19.3 Å². The fraction of sp³-hybridized carbons (Fsp3) is 0.444. The second-order valence-corrected chi connectivity index (χ2v) is 8.13. The number of anilines is 1. The van der Waals surface area contributed by atoms with E-state index >= 15 is 0 Å². The smallest absolute Gasteiger partial charge is 0.413 e. The molecule has 1 aromatic heterocycles. The molecule has 5 rings (SSSR count). The van der Waals surface area contributed by atoms with Gasteiger partial charge in [-0.1, -0.05) is 12.1 Å². The quantitative estimate of drug-likeness (QED) is 0.843. The van der Waals surface area contributed by atoms with Gasteiger partial charge >= 0.3 is 6.09 Å². The first-order valence-corrected chi connectivity index (χ1v) is 9.38. The Kier molecular flexibility index (Phi) is 4.00. The molecule has 3 aliphatic rings. The number of ether oxygens (including phenoxy) is 1. The minimum absolute atomic E-state index is 0.316. The summed E-state index contributed by atoms with van der Waals surface area (Å²) in [4.78, 5) is 17.4. The highest BCUT2D eigenvalue weighted by molar-refractivity contribution is 7.13. The van der Waals surface area contributed by atoms with Gasteiger partial charge in [0.2, 0.25) is 0 Å². The van der Waals surface area contributed by atoms with Gasteiger partial charge < -0.3 is 9.22 Å². The van der Waals surface area contributed by atoms with Gasteiger partial charge in [0.1, 0.15) is 11.4 Å². The topological polar surface area (TPSA) is 51.2 Å². The maximum Gasteiger partial charge on any atom is 0.413 e. The van der Waals surface area contributed by atoms with Crippen LogP contribution in [0.4, 0.5) is 15.0 Å². The van der Waals surface area contributed by atoms with Gasteiger partial charge in [-0.25, -0.2) is 14.2 Å². The maximum absolute atomic E-state index is 13.5. The lowest BCUT2D eigenvalue weighted by molar-refractivity contribution is -0.926. The summed E-state index contributed by atoms with van der Waals surface area (Å²) in [5.41, 5.74) is 1.99. The Morgan fingerprint density at radius 1 is 1.32 bits per heavy atom. The fourth-order valence-corrected chi connectivity index (χ4v) is 4.52. The first-order chi connectivity index (χ1) is 12.0. The molecule has 0 aliphatic carbocycles. The number of amides is 1. The molecule has 25 heavy (non-hydrogen) atoms. The third kappa shape index (κ3) is 3.26. The van der Waals surface area contributed by atoms with Gasteiger partial charge in [-0.3, -0.25) is 5.32 Å². The summed E-state index contributed by atoms with van der Waals surface area (Å²) in [6.45, 7) is 3.16. The molecule has 2 bridgehead atoms. The number of hydrogen-bond acceptors (Lipinski definition) is 4. The molecule has 0 radical (unpaired) electrons. The van der Waals surface area contributed by atoms with Gasteiger partial charge in [0.25, 0.3) is 0 Å². The number of halogens is 1. The Morgan fingerprint density at radius 2 is 2.04 bits per heavy atom. The minimum Gasteiger partial charge on any atom is -0.442 e. The van der Waals surface area contributed by atoms with Crippen LogP contribution in [0, 0.1) is 5.82 Å². The SMILES string of the molecule is C[N+]12CCC(OC(=O)Nc3ncsc3-c3cccc(F)c3)(CC1)CC2. The summed E-state index contributed by atoms with van der Waals surface area (Å²) in [5, 5.41) is 2.75. The van der Waals surface area contributed by atoms with Crippen molar-refractivity contribution in [2.24, 2.45) is 0 Å². The number of quaternary nitrogens is 1. The van der Waals surface area contributed by atoms with E-state index in [1.165, 1.54) is 23.5 Å². The molecule has 4 heterocycles. The summed E-state index contributed by atoms with van der Waals surface area (Å²) in [6, 6.07) is 6.27. The van der Waals surface area contributed by atoms with Crippen molar-refractivity contribution < 1.29 is 18.4 Å². The van der Waals surface area contributed by atoms with Crippen molar-refractivity contribution in [3.8, 4) is 10.4 Å². The van der Waals surface area contributed by atoms with Gasteiger partial charge in [-0.15, -0.1) is 11.3 Å². The molecule has 7 heteroatoms. The number of aromatic nitrogens is 1. The summed E-state index contributed by atoms with van der Waals surface area (Å²) < 4.78 is 20.4. The van der Waals surface area contributed by atoms with Gasteiger partial charge in [0.05, 0.1) is 37.1 Å². The van der Waals surface area contributed by atoms with Crippen LogP contribution in [0.15, 0.2) is 29.8 Å². The molecule has 2 aromatic rings. The lowest BCUT2D eigenvalue weighted by Crippen LogP contribution is -2.63. The normalized spacial score (nSPS) is 27.9. The van der Waals surface area contributed by atoms with Crippen molar-refractivity contribution in [3.05, 3.63) is 35.6 Å². The molecule has 0 spiro atoms. The van der Waals surface area contributed by atoms with Crippen molar-refractivity contribution in [1.29, 1.82) is 0 Å². The molecule has 132 valence electrons. The van der Waals surface area contributed by atoms with E-state index in [-0.39, 0.29) is 11.4 Å². The van der Waals surface area contributed by atoms with Crippen molar-refractivity contribution >= 4 is 23.2 Å². The monoisotopic (exact) mass is 362 g/mol. The molecule has 5 nitrogen and oxygen atoms in total. The van der Waals surface area contributed by atoms with E-state index in [0.717, 1.165) is 48.3 Å². The van der Waals surface area contributed by atoms with Crippen LogP contribution >= 0.6 is 11.3 Å². The Bertz CT molecular complexity index is 783. The van der Waals surface area contributed by atoms with Crippen molar-refractivity contribution in [2.75, 3.05) is 32.0 Å². The number of nitrogens with one attached hydrogen (secondary N) is 1. The molecule has 3 saturated heterocycles. The van der Waals surface area contributed by atoms with E-state index < -0.39 is 6.09 Å². The molecule has 1 N–H and O–H groups in total. The van der Waals surface area contributed by atoms with E-state index in [9.17, 15) is 9.18 Å². The van der Waals surface area contributed by atoms with E-state index in [0.29, 0.717) is 11.4 Å². The minimum atomic E-state index is -0.471. The summed E-state index contributed by atoms with van der Waals surface area (Å²) >= 11 is 1.36. The molecule has 1 aromatic carbocycles. The lowest BCUT2D eigenvalue weighted by Gasteiger charge is -2.51. The van der Waals surface area contributed by atoms with Crippen LogP contribution in [0.3, 0.4) is 0 Å². The fourth-order valence-electron chi connectivity index (χ4n) is 3.77. The first kappa shape index (κ1) is 16.5. The Morgan fingerprint density at radius 3 is 2.72 bits per heavy atom. The highest BCUT2D eigenvalue weighted by Gasteiger charge is 2.49. The maximum atomic E-state index is 13.5. The molecule has 1 amide bonds. The number of piperidine rings is 3. The number of nitrogens with zero attached hydrogens (tertiary/aromatic N) is 2. The van der Waals surface area contributed by atoms with Crippen LogP contribution < -0.4 is 5.32 Å². The number of benzene rings is 1. The number of hydrogen-bond donors (Lipinski definition) is 1. The largest absolute Gasteiger partial charge is 0.442 e. The number of carbonyl (C=O) groups excluding carboxylic acids is 1. The Balaban J connectivity index is 1.47. The highest BCUT2D eigenvalue weighted by Crippen LogP contribution is 2.39. The highest BCUT2D eigenvalue weighted by atomic mass is 32.1. The third-order valence-electron chi connectivity index (χ3n) is 5.51. The van der Waals surface area contributed by atoms with Crippen molar-refractivity contribution in [1.82, 2.24) is 4.98 Å². The van der Waals surface area contributed by atoms with Gasteiger partial charge in [0.15, 0.2) is 5.82 Å². The molecule has 3 aliphatic heterocycles. The van der Waals surface area contributed by atoms with Crippen LogP contribution in [0.1, 0.15) is 19.3 Å². The van der Waals surface area contributed by atoms with Gasteiger partial charge in [-0.2, -0.15) is 0 Å². The number of fused-ring (bicyclic) bond motifs is 3. The zero-order valence-corrected chi connectivity index (χ0v) is 14.9. The molecule has 3 fully saturated rings. The van der Waals surface area contributed by atoms with Crippen LogP contribution in [0.25, 0.3) is 10.4 Å². The summed E-state index contributed by atoms with van der Waals surface area (Å²) in [7, 11) is 2.27. The molecule has 0 saturated carbocycles. The van der Waals surface area contributed by atoms with Crippen LogP contribution in [0.2, 0.25) is 0 Å². The standard InChI is InChI=1S/C18H20FN3O2S/c1-22-8-5-18(6-9-22,7-10-22)24-17(23)21-16-15(25-12-20-16)13-3-2-4-14(19)11-13/h2-4,11-12H,5-10H2,1H3/p+1. The van der Waals surface area contributed by atoms with E-state index in [1.807, 2.05) is 0 Å². The molecular weight excluding hydrogens is 341 g/mol. The summed E-state index contributed by atoms with van der Waals surface area (Å²) in [6.07, 6.45) is 2.25. The van der Waals surface area contributed by atoms with Crippen LogP contribution in [0.5, 0.6) is 0 Å². The van der Waals surface area contributed by atoms with E-state index in [2.05, 4.69) is 17.3 Å². The average molecular weight is 362 g/mol. The lowest BCUT2D eigenvalue weighted by atomic mass is 9.81. The molecule has 0 atom stereocenters. The first-order valence-electron chi connectivity index (χ1n) is 8.50. The molecular formula is C18H21FN3O2S+. The second kappa shape index (κ2) is 6.07. The molecule has 0 unspecified atom stereocenters.